The van der Waals surface area contributed by atoms with Crippen LogP contribution in [0.25, 0.3) is 0 Å². The predicted octanol–water partition coefficient (Wildman–Crippen LogP) is 4.60. The minimum absolute atomic E-state index is 0.106. The van der Waals surface area contributed by atoms with Gasteiger partial charge < -0.3 is 5.32 Å². The van der Waals surface area contributed by atoms with Crippen LogP contribution in [-0.4, -0.2) is 12.5 Å². The Balaban J connectivity index is 3.54. The summed E-state index contributed by atoms with van der Waals surface area (Å²) in [4.78, 5) is 11.6. The third kappa shape index (κ3) is 10.4. The van der Waals surface area contributed by atoms with Gasteiger partial charge in [0, 0.05) is 12.1 Å². The lowest BCUT2D eigenvalue weighted by Gasteiger charge is -2.04. The van der Waals surface area contributed by atoms with Crippen LogP contribution in [-0.2, 0) is 4.79 Å². The van der Waals surface area contributed by atoms with Gasteiger partial charge in [-0.3, -0.25) is 4.79 Å². The molecule has 0 aliphatic carbocycles. The molecule has 0 aliphatic rings. The highest BCUT2D eigenvalue weighted by Gasteiger charge is 2.01. The largest absolute Gasteiger partial charge is 0.352 e. The smallest absolute Gasteiger partial charge is 0.246 e. The van der Waals surface area contributed by atoms with Crippen LogP contribution in [0.4, 0.5) is 0 Å². The fraction of sp³-hybridized carbons (Fsp3) is 0.812. The van der Waals surface area contributed by atoms with E-state index in [1.807, 2.05) is 6.92 Å². The van der Waals surface area contributed by atoms with Gasteiger partial charge >= 0.3 is 0 Å². The van der Waals surface area contributed by atoms with Gasteiger partial charge in [-0.05, 0) is 26.2 Å². The number of nitrogens with one attached hydrogen (secondary N) is 1. The molecule has 0 aromatic carbocycles. The van der Waals surface area contributed by atoms with E-state index in [1.165, 1.54) is 38.5 Å². The molecule has 2 nitrogen and oxygen atoms in total. The Labute approximate surface area is 113 Å². The van der Waals surface area contributed by atoms with Crippen molar-refractivity contribution in [3.05, 3.63) is 11.6 Å². The molecule has 0 fully saturated rings. The van der Waals surface area contributed by atoms with Crippen LogP contribution in [0.1, 0.15) is 78.6 Å². The number of allylic oxidation sites excluding steroid dienone is 1. The summed E-state index contributed by atoms with van der Waals surface area (Å²) in [5.74, 6) is 0.106. The van der Waals surface area contributed by atoms with Crippen molar-refractivity contribution in [1.82, 2.24) is 5.32 Å². The average molecular weight is 253 g/mol. The highest BCUT2D eigenvalue weighted by Crippen LogP contribution is 2.08. The first-order valence-electron chi connectivity index (χ1n) is 7.67. The Kier molecular flexibility index (Phi) is 12.1. The molecule has 0 aliphatic heterocycles. The van der Waals surface area contributed by atoms with Crippen LogP contribution in [0.15, 0.2) is 11.6 Å². The van der Waals surface area contributed by atoms with Crippen molar-refractivity contribution in [2.24, 2.45) is 0 Å². The number of hydrogen-bond acceptors (Lipinski definition) is 1. The molecule has 106 valence electrons. The molecule has 1 amide bonds. The Morgan fingerprint density at radius 2 is 1.56 bits per heavy atom. The molecule has 1 N–H and O–H groups in total. The molecule has 0 bridgehead atoms. The molecule has 0 unspecified atom stereocenters. The quantitative estimate of drug-likeness (QED) is 0.423. The second kappa shape index (κ2) is 12.7. The second-order valence-corrected chi connectivity index (χ2v) is 5.05. The minimum Gasteiger partial charge on any atom is -0.352 e. The molecule has 0 atom stereocenters. The lowest BCUT2D eigenvalue weighted by Crippen LogP contribution is -2.24. The van der Waals surface area contributed by atoms with E-state index in [4.69, 9.17) is 0 Å². The lowest BCUT2D eigenvalue weighted by atomic mass is 10.1. The van der Waals surface area contributed by atoms with Crippen LogP contribution in [0, 0.1) is 0 Å². The summed E-state index contributed by atoms with van der Waals surface area (Å²) in [7, 11) is 0. The number of unbranched alkanes of at least 4 members (excludes halogenated alkanes) is 7. The Bertz CT molecular complexity index is 233. The van der Waals surface area contributed by atoms with E-state index in [9.17, 15) is 4.79 Å². The molecule has 0 heterocycles. The fourth-order valence-corrected chi connectivity index (χ4v) is 1.85. The summed E-state index contributed by atoms with van der Waals surface area (Å²) < 4.78 is 0. The molecule has 0 radical (unpaired) electrons. The molecule has 0 aromatic rings. The standard InChI is InChI=1S/C16H31NO/c1-4-6-8-9-10-11-12-13-15(3)16(18)17-14-7-5-2/h13H,4-12,14H2,1-3H3,(H,17,18)/b15-13+. The van der Waals surface area contributed by atoms with Gasteiger partial charge in [-0.2, -0.15) is 0 Å². The van der Waals surface area contributed by atoms with Crippen molar-refractivity contribution in [2.75, 3.05) is 6.54 Å². The lowest BCUT2D eigenvalue weighted by molar-refractivity contribution is -0.117. The van der Waals surface area contributed by atoms with Gasteiger partial charge in [0.15, 0.2) is 0 Å². The first-order valence-corrected chi connectivity index (χ1v) is 7.67. The van der Waals surface area contributed by atoms with Gasteiger partial charge in [-0.1, -0.05) is 58.4 Å². The van der Waals surface area contributed by atoms with Crippen molar-refractivity contribution in [2.45, 2.75) is 78.6 Å². The number of carbonyl (C=O) groups is 1. The maximum Gasteiger partial charge on any atom is 0.246 e. The van der Waals surface area contributed by atoms with Crippen molar-refractivity contribution >= 4 is 5.91 Å². The molecular formula is C16H31NO. The monoisotopic (exact) mass is 253 g/mol. The Hall–Kier alpha value is -0.790. The number of rotatable bonds is 11. The van der Waals surface area contributed by atoms with Crippen LogP contribution >= 0.6 is 0 Å². The Morgan fingerprint density at radius 3 is 2.22 bits per heavy atom. The molecule has 2 heteroatoms. The van der Waals surface area contributed by atoms with Gasteiger partial charge in [0.05, 0.1) is 0 Å². The highest BCUT2D eigenvalue weighted by molar-refractivity contribution is 5.92. The van der Waals surface area contributed by atoms with Crippen LogP contribution < -0.4 is 5.32 Å². The third-order valence-corrected chi connectivity index (χ3v) is 3.18. The molecule has 0 saturated heterocycles. The summed E-state index contributed by atoms with van der Waals surface area (Å²) in [5, 5.41) is 2.94. The SMILES string of the molecule is CCCCCCCC/C=C(\C)C(=O)NCCCC. The summed E-state index contributed by atoms with van der Waals surface area (Å²) in [6.07, 6.45) is 13.2. The first kappa shape index (κ1) is 17.2. The predicted molar refractivity (Wildman–Crippen MR) is 79.7 cm³/mol. The zero-order chi connectivity index (χ0) is 13.6. The summed E-state index contributed by atoms with van der Waals surface area (Å²) in [5.41, 5.74) is 0.875. The van der Waals surface area contributed by atoms with E-state index in [1.54, 1.807) is 0 Å². The van der Waals surface area contributed by atoms with E-state index >= 15 is 0 Å². The molecule has 0 spiro atoms. The van der Waals surface area contributed by atoms with Crippen molar-refractivity contribution in [3.63, 3.8) is 0 Å². The van der Waals surface area contributed by atoms with Gasteiger partial charge in [0.1, 0.15) is 0 Å². The highest BCUT2D eigenvalue weighted by atomic mass is 16.1. The van der Waals surface area contributed by atoms with Crippen molar-refractivity contribution in [3.8, 4) is 0 Å². The summed E-state index contributed by atoms with van der Waals surface area (Å²) >= 11 is 0. The van der Waals surface area contributed by atoms with E-state index in [-0.39, 0.29) is 5.91 Å². The fourth-order valence-electron chi connectivity index (χ4n) is 1.85. The minimum atomic E-state index is 0.106. The normalized spacial score (nSPS) is 11.6. The number of amides is 1. The molecule has 0 rings (SSSR count). The maximum absolute atomic E-state index is 11.6. The number of hydrogen-bond donors (Lipinski definition) is 1. The zero-order valence-corrected chi connectivity index (χ0v) is 12.6. The van der Waals surface area contributed by atoms with Gasteiger partial charge in [-0.15, -0.1) is 0 Å². The van der Waals surface area contributed by atoms with E-state index < -0.39 is 0 Å². The molecule has 0 aromatic heterocycles. The molecule has 18 heavy (non-hydrogen) atoms. The average Bonchev–Trinajstić information content (AvgIpc) is 2.37. The molecule has 0 saturated carbocycles. The summed E-state index contributed by atoms with van der Waals surface area (Å²) in [6, 6.07) is 0. The van der Waals surface area contributed by atoms with E-state index in [0.717, 1.165) is 31.4 Å². The third-order valence-electron chi connectivity index (χ3n) is 3.18. The number of carbonyl (C=O) groups excluding carboxylic acids is 1. The summed E-state index contributed by atoms with van der Waals surface area (Å²) in [6.45, 7) is 7.09. The van der Waals surface area contributed by atoms with Crippen molar-refractivity contribution < 1.29 is 4.79 Å². The van der Waals surface area contributed by atoms with E-state index in [2.05, 4.69) is 25.2 Å². The van der Waals surface area contributed by atoms with Crippen LogP contribution in [0.5, 0.6) is 0 Å². The Morgan fingerprint density at radius 1 is 0.944 bits per heavy atom. The van der Waals surface area contributed by atoms with Gasteiger partial charge in [0.25, 0.3) is 0 Å². The van der Waals surface area contributed by atoms with Gasteiger partial charge in [-0.25, -0.2) is 0 Å². The zero-order valence-electron chi connectivity index (χ0n) is 12.6. The maximum atomic E-state index is 11.6. The van der Waals surface area contributed by atoms with Crippen molar-refractivity contribution in [1.29, 1.82) is 0 Å². The van der Waals surface area contributed by atoms with Crippen LogP contribution in [0.3, 0.4) is 0 Å². The molecular weight excluding hydrogens is 222 g/mol. The topological polar surface area (TPSA) is 29.1 Å². The van der Waals surface area contributed by atoms with Gasteiger partial charge in [0.2, 0.25) is 5.91 Å². The second-order valence-electron chi connectivity index (χ2n) is 5.05. The first-order chi connectivity index (χ1) is 8.72. The van der Waals surface area contributed by atoms with E-state index in [0.29, 0.717) is 0 Å². The van der Waals surface area contributed by atoms with Crippen LogP contribution in [0.2, 0.25) is 0 Å².